The summed E-state index contributed by atoms with van der Waals surface area (Å²) in [5.74, 6) is 0.466. The van der Waals surface area contributed by atoms with Gasteiger partial charge in [0.1, 0.15) is 5.69 Å². The molecule has 0 radical (unpaired) electrons. The normalized spacial score (nSPS) is 10.8. The third kappa shape index (κ3) is 6.08. The first-order chi connectivity index (χ1) is 9.93. The first-order valence-electron chi connectivity index (χ1n) is 7.43. The van der Waals surface area contributed by atoms with E-state index in [9.17, 15) is 4.79 Å². The molecule has 0 saturated heterocycles. The van der Waals surface area contributed by atoms with Crippen molar-refractivity contribution in [2.45, 2.75) is 26.7 Å². The molecule has 0 fully saturated rings. The van der Waals surface area contributed by atoms with Crippen LogP contribution in [0.2, 0.25) is 0 Å². The lowest BCUT2D eigenvalue weighted by molar-refractivity contribution is 0.0946. The SMILES string of the molecule is CCCCN(C)c1nc(C)cc(C(=O)NCCN(C)C)n1. The van der Waals surface area contributed by atoms with E-state index in [0.29, 0.717) is 18.2 Å². The molecule has 1 aromatic heterocycles. The maximum Gasteiger partial charge on any atom is 0.270 e. The van der Waals surface area contributed by atoms with Crippen LogP contribution in [0, 0.1) is 6.92 Å². The molecular weight excluding hydrogens is 266 g/mol. The van der Waals surface area contributed by atoms with E-state index < -0.39 is 0 Å². The zero-order valence-electron chi connectivity index (χ0n) is 13.8. The quantitative estimate of drug-likeness (QED) is 0.783. The average Bonchev–Trinajstić information content (AvgIpc) is 2.43. The number of nitrogens with one attached hydrogen (secondary N) is 1. The number of anilines is 1. The number of likely N-dealkylation sites (N-methyl/N-ethyl adjacent to an activating group) is 1. The summed E-state index contributed by atoms with van der Waals surface area (Å²) in [5.41, 5.74) is 1.24. The fourth-order valence-corrected chi connectivity index (χ4v) is 1.82. The van der Waals surface area contributed by atoms with Gasteiger partial charge in [-0.05, 0) is 33.5 Å². The first kappa shape index (κ1) is 17.4. The number of unbranched alkanes of at least 4 members (excludes halogenated alkanes) is 1. The molecule has 6 nitrogen and oxygen atoms in total. The molecule has 21 heavy (non-hydrogen) atoms. The Hall–Kier alpha value is -1.69. The van der Waals surface area contributed by atoms with Crippen LogP contribution in [-0.4, -0.2) is 61.6 Å². The van der Waals surface area contributed by atoms with E-state index >= 15 is 0 Å². The number of nitrogens with zero attached hydrogens (tertiary/aromatic N) is 4. The Morgan fingerprint density at radius 1 is 1.24 bits per heavy atom. The number of aromatic nitrogens is 2. The minimum Gasteiger partial charge on any atom is -0.349 e. The highest BCUT2D eigenvalue weighted by Gasteiger charge is 2.12. The smallest absolute Gasteiger partial charge is 0.270 e. The van der Waals surface area contributed by atoms with Crippen LogP contribution in [0.4, 0.5) is 5.95 Å². The average molecular weight is 293 g/mol. The Morgan fingerprint density at radius 3 is 2.57 bits per heavy atom. The molecule has 0 atom stereocenters. The van der Waals surface area contributed by atoms with Gasteiger partial charge in [-0.1, -0.05) is 13.3 Å². The van der Waals surface area contributed by atoms with Gasteiger partial charge in [0, 0.05) is 32.4 Å². The van der Waals surface area contributed by atoms with E-state index in [1.807, 2.05) is 37.9 Å². The van der Waals surface area contributed by atoms with E-state index in [4.69, 9.17) is 0 Å². The summed E-state index contributed by atoms with van der Waals surface area (Å²) in [6, 6.07) is 1.72. The molecular formula is C15H27N5O. The Kier molecular flexibility index (Phi) is 7.08. The molecule has 1 rings (SSSR count). The number of carbonyl (C=O) groups is 1. The molecule has 1 heterocycles. The predicted molar refractivity (Wildman–Crippen MR) is 85.8 cm³/mol. The van der Waals surface area contributed by atoms with E-state index in [-0.39, 0.29) is 5.91 Å². The molecule has 118 valence electrons. The monoisotopic (exact) mass is 293 g/mol. The second kappa shape index (κ2) is 8.56. The van der Waals surface area contributed by atoms with Crippen molar-refractivity contribution in [1.82, 2.24) is 20.2 Å². The van der Waals surface area contributed by atoms with Crippen molar-refractivity contribution in [1.29, 1.82) is 0 Å². The van der Waals surface area contributed by atoms with Gasteiger partial charge in [0.05, 0.1) is 0 Å². The number of carbonyl (C=O) groups excluding carboxylic acids is 1. The summed E-state index contributed by atoms with van der Waals surface area (Å²) in [4.78, 5) is 24.9. The van der Waals surface area contributed by atoms with Gasteiger partial charge in [0.15, 0.2) is 0 Å². The maximum atomic E-state index is 12.1. The molecule has 0 aromatic carbocycles. The number of hydrogen-bond donors (Lipinski definition) is 1. The van der Waals surface area contributed by atoms with Crippen molar-refractivity contribution in [2.24, 2.45) is 0 Å². The Balaban J connectivity index is 2.74. The van der Waals surface area contributed by atoms with Gasteiger partial charge in [-0.3, -0.25) is 4.79 Å². The van der Waals surface area contributed by atoms with Gasteiger partial charge < -0.3 is 15.1 Å². The third-order valence-electron chi connectivity index (χ3n) is 3.11. The van der Waals surface area contributed by atoms with Crippen molar-refractivity contribution >= 4 is 11.9 Å². The van der Waals surface area contributed by atoms with E-state index in [1.165, 1.54) is 0 Å². The van der Waals surface area contributed by atoms with Crippen LogP contribution in [0.1, 0.15) is 35.9 Å². The topological polar surface area (TPSA) is 61.4 Å². The van der Waals surface area contributed by atoms with E-state index in [2.05, 4.69) is 22.2 Å². The zero-order chi connectivity index (χ0) is 15.8. The third-order valence-corrected chi connectivity index (χ3v) is 3.11. The summed E-state index contributed by atoms with van der Waals surface area (Å²) in [6.45, 7) is 6.33. The minimum absolute atomic E-state index is 0.146. The van der Waals surface area contributed by atoms with Crippen molar-refractivity contribution in [3.05, 3.63) is 17.5 Å². The van der Waals surface area contributed by atoms with Crippen molar-refractivity contribution in [3.63, 3.8) is 0 Å². The maximum absolute atomic E-state index is 12.1. The molecule has 0 spiro atoms. The van der Waals surface area contributed by atoms with Crippen LogP contribution in [0.25, 0.3) is 0 Å². The lowest BCUT2D eigenvalue weighted by Gasteiger charge is -2.17. The van der Waals surface area contributed by atoms with Crippen LogP contribution in [-0.2, 0) is 0 Å². The summed E-state index contributed by atoms with van der Waals surface area (Å²) in [5, 5.41) is 2.88. The summed E-state index contributed by atoms with van der Waals surface area (Å²) in [7, 11) is 5.90. The van der Waals surface area contributed by atoms with E-state index in [0.717, 1.165) is 31.6 Å². The van der Waals surface area contributed by atoms with Crippen LogP contribution in [0.3, 0.4) is 0 Å². The standard InChI is InChI=1S/C15H27N5O/c1-6-7-9-20(5)15-17-12(2)11-13(18-15)14(21)16-8-10-19(3)4/h11H,6-10H2,1-5H3,(H,16,21). The van der Waals surface area contributed by atoms with Gasteiger partial charge in [-0.15, -0.1) is 0 Å². The fourth-order valence-electron chi connectivity index (χ4n) is 1.82. The highest BCUT2D eigenvalue weighted by atomic mass is 16.1. The van der Waals surface area contributed by atoms with E-state index in [1.54, 1.807) is 6.07 Å². The van der Waals surface area contributed by atoms with Crippen LogP contribution in [0.5, 0.6) is 0 Å². The Bertz CT molecular complexity index is 461. The number of aryl methyl sites for hydroxylation is 1. The van der Waals surface area contributed by atoms with Crippen molar-refractivity contribution in [2.75, 3.05) is 45.7 Å². The number of rotatable bonds is 8. The lowest BCUT2D eigenvalue weighted by Crippen LogP contribution is -2.32. The molecule has 0 aliphatic heterocycles. The molecule has 1 N–H and O–H groups in total. The number of hydrogen-bond acceptors (Lipinski definition) is 5. The highest BCUT2D eigenvalue weighted by Crippen LogP contribution is 2.09. The summed E-state index contributed by atoms with van der Waals surface area (Å²) < 4.78 is 0. The zero-order valence-corrected chi connectivity index (χ0v) is 13.8. The van der Waals surface area contributed by atoms with Crippen LogP contribution < -0.4 is 10.2 Å². The van der Waals surface area contributed by atoms with Gasteiger partial charge in [0.2, 0.25) is 5.95 Å². The predicted octanol–water partition coefficient (Wildman–Crippen LogP) is 1.31. The molecule has 1 amide bonds. The van der Waals surface area contributed by atoms with Gasteiger partial charge in [-0.2, -0.15) is 0 Å². The molecule has 0 saturated carbocycles. The number of amides is 1. The fraction of sp³-hybridized carbons (Fsp3) is 0.667. The minimum atomic E-state index is -0.146. The molecule has 1 aromatic rings. The van der Waals surface area contributed by atoms with Crippen LogP contribution in [0.15, 0.2) is 6.07 Å². The molecule has 0 bridgehead atoms. The molecule has 0 aliphatic carbocycles. The van der Waals surface area contributed by atoms with Gasteiger partial charge in [-0.25, -0.2) is 9.97 Å². The van der Waals surface area contributed by atoms with Crippen molar-refractivity contribution in [3.8, 4) is 0 Å². The lowest BCUT2D eigenvalue weighted by atomic mass is 10.3. The second-order valence-corrected chi connectivity index (χ2v) is 5.53. The largest absolute Gasteiger partial charge is 0.349 e. The van der Waals surface area contributed by atoms with Gasteiger partial charge >= 0.3 is 0 Å². The van der Waals surface area contributed by atoms with Crippen molar-refractivity contribution < 1.29 is 4.79 Å². The Morgan fingerprint density at radius 2 is 1.95 bits per heavy atom. The van der Waals surface area contributed by atoms with Crippen LogP contribution >= 0.6 is 0 Å². The molecule has 0 aliphatic rings. The molecule has 6 heteroatoms. The highest BCUT2D eigenvalue weighted by molar-refractivity contribution is 5.92. The summed E-state index contributed by atoms with van der Waals surface area (Å²) >= 11 is 0. The molecule has 0 unspecified atom stereocenters. The Labute approximate surface area is 127 Å². The summed E-state index contributed by atoms with van der Waals surface area (Å²) in [6.07, 6.45) is 2.20. The second-order valence-electron chi connectivity index (χ2n) is 5.53. The first-order valence-corrected chi connectivity index (χ1v) is 7.43. The van der Waals surface area contributed by atoms with Gasteiger partial charge in [0.25, 0.3) is 5.91 Å².